The van der Waals surface area contributed by atoms with E-state index in [1.807, 2.05) is 30.3 Å². The van der Waals surface area contributed by atoms with Crippen LogP contribution in [0.15, 0.2) is 30.3 Å². The number of hydrogen-bond acceptors (Lipinski definition) is 12. The van der Waals surface area contributed by atoms with Crippen LogP contribution in [0.5, 0.6) is 0 Å². The third-order valence-electron chi connectivity index (χ3n) is 9.25. The Balaban J connectivity index is 2.63. The van der Waals surface area contributed by atoms with Crippen LogP contribution in [0.1, 0.15) is 134 Å². The van der Waals surface area contributed by atoms with Gasteiger partial charge in [-0.05, 0) is 70.1 Å². The molecule has 1 aromatic carbocycles. The summed E-state index contributed by atoms with van der Waals surface area (Å²) in [6.45, 7) is 2.44. The Hall–Kier alpha value is -3.23. The van der Waals surface area contributed by atoms with E-state index < -0.39 is 11.5 Å². The lowest BCUT2D eigenvalue weighted by Crippen LogP contribution is -2.42. The maximum absolute atomic E-state index is 13.4. The van der Waals surface area contributed by atoms with E-state index in [-0.39, 0.29) is 75.6 Å². The zero-order valence-electron chi connectivity index (χ0n) is 33.5. The van der Waals surface area contributed by atoms with Crippen LogP contribution in [-0.2, 0) is 44.7 Å². The molecule has 314 valence electrons. The predicted molar refractivity (Wildman–Crippen MR) is 214 cm³/mol. The van der Waals surface area contributed by atoms with E-state index in [0.717, 1.165) is 82.6 Å². The van der Waals surface area contributed by atoms with Gasteiger partial charge in [-0.1, -0.05) is 68.9 Å². The van der Waals surface area contributed by atoms with Gasteiger partial charge in [0.15, 0.2) is 0 Å². The maximum Gasteiger partial charge on any atom is 0.407 e. The van der Waals surface area contributed by atoms with Crippen molar-refractivity contribution >= 4 is 29.4 Å². The second-order valence-electron chi connectivity index (χ2n) is 14.5. The number of benzene rings is 1. The van der Waals surface area contributed by atoms with Crippen molar-refractivity contribution in [1.29, 1.82) is 0 Å². The normalized spacial score (nSPS) is 11.3. The van der Waals surface area contributed by atoms with E-state index in [4.69, 9.17) is 36.1 Å². The summed E-state index contributed by atoms with van der Waals surface area (Å²) in [4.78, 5) is 62.6. The molecule has 0 saturated heterocycles. The molecule has 0 unspecified atom stereocenters. The van der Waals surface area contributed by atoms with Gasteiger partial charge in [0, 0.05) is 51.5 Å². The molecule has 0 spiro atoms. The fourth-order valence-electron chi connectivity index (χ4n) is 5.94. The summed E-state index contributed by atoms with van der Waals surface area (Å²) < 4.78 is 22.9. The summed E-state index contributed by atoms with van der Waals surface area (Å²) in [6.07, 6.45) is 12.8. The van der Waals surface area contributed by atoms with Gasteiger partial charge in [0.2, 0.25) is 0 Å². The van der Waals surface area contributed by atoms with Crippen LogP contribution in [0.25, 0.3) is 0 Å². The first-order valence-corrected chi connectivity index (χ1v) is 20.6. The van der Waals surface area contributed by atoms with Crippen LogP contribution in [0.3, 0.4) is 0 Å². The van der Waals surface area contributed by atoms with Crippen LogP contribution >= 0.6 is 0 Å². The van der Waals surface area contributed by atoms with Gasteiger partial charge in [0.05, 0.1) is 31.8 Å². The molecule has 0 atom stereocenters. The molecule has 0 fully saturated rings. The Morgan fingerprint density at radius 3 is 1.56 bits per heavy atom. The topological polar surface area (TPSA) is 212 Å². The van der Waals surface area contributed by atoms with Gasteiger partial charge < -0.3 is 41.5 Å². The van der Waals surface area contributed by atoms with Crippen LogP contribution in [0.2, 0.25) is 0 Å². The Morgan fingerprint density at radius 1 is 0.527 bits per heavy atom. The number of unbranched alkanes of at least 4 members (excludes halogenated alkanes) is 9. The van der Waals surface area contributed by atoms with Crippen LogP contribution in [-0.4, -0.2) is 88.6 Å². The van der Waals surface area contributed by atoms with Gasteiger partial charge in [-0.25, -0.2) is 4.79 Å². The number of rotatable bonds is 38. The first kappa shape index (κ1) is 49.8. The number of amides is 1. The number of ketones is 3. The first-order valence-electron chi connectivity index (χ1n) is 20.6. The van der Waals surface area contributed by atoms with E-state index in [2.05, 4.69) is 5.32 Å². The summed E-state index contributed by atoms with van der Waals surface area (Å²) in [5, 5.41) is 2.67. The van der Waals surface area contributed by atoms with Gasteiger partial charge in [-0.2, -0.15) is 0 Å². The number of nitrogens with two attached hydrogens (primary N) is 3. The number of hydrogen-bond donors (Lipinski definition) is 4. The molecule has 0 saturated carbocycles. The second-order valence-corrected chi connectivity index (χ2v) is 14.5. The lowest BCUT2D eigenvalue weighted by atomic mass is 9.84. The van der Waals surface area contributed by atoms with Gasteiger partial charge in [-0.15, -0.1) is 0 Å². The number of alkyl carbamates (subject to hydrolysis) is 1. The lowest BCUT2D eigenvalue weighted by molar-refractivity contribution is -0.145. The average Bonchev–Trinajstić information content (AvgIpc) is 3.18. The van der Waals surface area contributed by atoms with Crippen molar-refractivity contribution in [2.75, 3.05) is 59.2 Å². The first-order chi connectivity index (χ1) is 26.7. The highest BCUT2D eigenvalue weighted by atomic mass is 16.6. The summed E-state index contributed by atoms with van der Waals surface area (Å²) in [7, 11) is 0. The Labute approximate surface area is 329 Å². The fourth-order valence-corrected chi connectivity index (χ4v) is 5.94. The summed E-state index contributed by atoms with van der Waals surface area (Å²) in [5.74, 6) is -0.000830. The Kier molecular flexibility index (Phi) is 30.8. The van der Waals surface area contributed by atoms with Gasteiger partial charge in [0.1, 0.15) is 30.6 Å². The minimum absolute atomic E-state index is 0.00853. The standard InChI is InChI=1S/C42H72N4O9/c43-25-14-12-19-37(47)23-29-52-33-42(35-55-41(51)46-28-16-27-45,34-53-30-24-38(48)20-13-15-26-44)31-39(49)21-10-5-3-1-2-4-6-11-22-40(50)54-32-36-17-8-7-9-18-36/h7-9,17-18H,1-6,10-16,19-35,43-45H2,(H,46,51). The number of ether oxygens (including phenoxy) is 4. The van der Waals surface area contributed by atoms with Crippen molar-refractivity contribution in [2.24, 2.45) is 22.6 Å². The molecule has 1 amide bonds. The van der Waals surface area contributed by atoms with Crippen LogP contribution in [0.4, 0.5) is 4.79 Å². The highest BCUT2D eigenvalue weighted by Crippen LogP contribution is 2.27. The molecule has 0 bridgehead atoms. The predicted octanol–water partition coefficient (Wildman–Crippen LogP) is 5.86. The quantitative estimate of drug-likeness (QED) is 0.0459. The molecule has 0 heterocycles. The number of Topliss-reactive ketones (excluding diaryl/α,β-unsaturated/α-hetero) is 3. The highest BCUT2D eigenvalue weighted by Gasteiger charge is 2.36. The molecule has 0 aliphatic heterocycles. The zero-order valence-corrected chi connectivity index (χ0v) is 33.5. The SMILES string of the molecule is NCCCCC(=O)CCOCC(COCCC(=O)CCCCN)(COC(=O)NCCCN)CC(=O)CCCCCCCCCCC(=O)OCc1ccccc1. The Bertz CT molecular complexity index is 1140. The van der Waals surface area contributed by atoms with Gasteiger partial charge >= 0.3 is 12.1 Å². The molecule has 13 nitrogen and oxygen atoms in total. The smallest absolute Gasteiger partial charge is 0.407 e. The van der Waals surface area contributed by atoms with Crippen molar-refractivity contribution in [2.45, 2.75) is 135 Å². The van der Waals surface area contributed by atoms with Crippen molar-refractivity contribution in [3.05, 3.63) is 35.9 Å². The molecule has 7 N–H and O–H groups in total. The molecule has 0 aromatic heterocycles. The van der Waals surface area contributed by atoms with Crippen LogP contribution < -0.4 is 22.5 Å². The third-order valence-corrected chi connectivity index (χ3v) is 9.25. The second kappa shape index (κ2) is 34.1. The van der Waals surface area contributed by atoms with Gasteiger partial charge in [-0.3, -0.25) is 19.2 Å². The van der Waals surface area contributed by atoms with Gasteiger partial charge in [0.25, 0.3) is 0 Å². The minimum atomic E-state index is -0.999. The monoisotopic (exact) mass is 777 g/mol. The van der Waals surface area contributed by atoms with Crippen molar-refractivity contribution in [3.8, 4) is 0 Å². The summed E-state index contributed by atoms with van der Waals surface area (Å²) in [5.41, 5.74) is 16.6. The molecule has 1 rings (SSSR count). The van der Waals surface area contributed by atoms with Crippen molar-refractivity contribution < 1.29 is 42.9 Å². The van der Waals surface area contributed by atoms with E-state index in [1.54, 1.807) is 0 Å². The van der Waals surface area contributed by atoms with Crippen molar-refractivity contribution in [3.63, 3.8) is 0 Å². The molecule has 0 aliphatic rings. The molecule has 0 aliphatic carbocycles. The molecule has 13 heteroatoms. The number of carbonyl (C=O) groups is 5. The molecule has 55 heavy (non-hydrogen) atoms. The molecular weight excluding hydrogens is 704 g/mol. The summed E-state index contributed by atoms with van der Waals surface area (Å²) >= 11 is 0. The third kappa shape index (κ3) is 28.8. The molecular formula is C42H72N4O9. The minimum Gasteiger partial charge on any atom is -0.461 e. The molecule has 0 radical (unpaired) electrons. The average molecular weight is 777 g/mol. The number of esters is 1. The number of carbonyl (C=O) groups excluding carboxylic acids is 5. The molecule has 1 aromatic rings. The highest BCUT2D eigenvalue weighted by molar-refractivity contribution is 5.79. The number of nitrogens with one attached hydrogen (secondary N) is 1. The van der Waals surface area contributed by atoms with E-state index in [0.29, 0.717) is 64.9 Å². The largest absolute Gasteiger partial charge is 0.461 e. The summed E-state index contributed by atoms with van der Waals surface area (Å²) in [6, 6.07) is 9.66. The maximum atomic E-state index is 13.4. The lowest BCUT2D eigenvalue weighted by Gasteiger charge is -2.32. The Morgan fingerprint density at radius 2 is 1.02 bits per heavy atom. The van der Waals surface area contributed by atoms with Crippen LogP contribution in [0, 0.1) is 5.41 Å². The van der Waals surface area contributed by atoms with E-state index >= 15 is 0 Å². The van der Waals surface area contributed by atoms with Crippen molar-refractivity contribution in [1.82, 2.24) is 5.32 Å². The fraction of sp³-hybridized carbons (Fsp3) is 0.738. The zero-order chi connectivity index (χ0) is 40.2. The van der Waals surface area contributed by atoms with E-state index in [9.17, 15) is 24.0 Å². The van der Waals surface area contributed by atoms with E-state index in [1.165, 1.54) is 0 Å².